The standard InChI is InChI=1S/C24H25ClN4O4S2/c1-13(2)29-10-9-16-18(12-29)34-23(27-16)22(31)26-17-11-15(24(32)33)4-3-14(17)5-7-20(30)28-21-8-6-19(25)35-21/h3-4,6,8,11,13H,5,7,9-10,12H2,1-2H3,(H,26,31)(H,28,30)(H,32,33). The highest BCUT2D eigenvalue weighted by atomic mass is 35.5. The van der Waals surface area contributed by atoms with Gasteiger partial charge in [-0.3, -0.25) is 14.5 Å². The Bertz CT molecular complexity index is 1270. The van der Waals surface area contributed by atoms with E-state index < -0.39 is 5.97 Å². The fourth-order valence-electron chi connectivity index (χ4n) is 3.80. The summed E-state index contributed by atoms with van der Waals surface area (Å²) in [5.74, 6) is -1.69. The second-order valence-electron chi connectivity index (χ2n) is 8.49. The van der Waals surface area contributed by atoms with Gasteiger partial charge < -0.3 is 15.7 Å². The summed E-state index contributed by atoms with van der Waals surface area (Å²) in [5.41, 5.74) is 2.02. The zero-order valence-electron chi connectivity index (χ0n) is 19.3. The Morgan fingerprint density at radius 1 is 1.17 bits per heavy atom. The van der Waals surface area contributed by atoms with Crippen molar-refractivity contribution in [2.45, 2.75) is 45.7 Å². The molecule has 0 saturated carbocycles. The number of thiazole rings is 1. The highest BCUT2D eigenvalue weighted by Crippen LogP contribution is 2.29. The molecule has 2 amide bonds. The minimum absolute atomic E-state index is 0.0488. The number of anilines is 2. The topological polar surface area (TPSA) is 112 Å². The Kier molecular flexibility index (Phi) is 7.85. The van der Waals surface area contributed by atoms with Crippen LogP contribution < -0.4 is 10.6 Å². The molecule has 2 aromatic heterocycles. The van der Waals surface area contributed by atoms with Gasteiger partial charge in [-0.1, -0.05) is 17.7 Å². The monoisotopic (exact) mass is 532 g/mol. The first kappa shape index (κ1) is 25.3. The van der Waals surface area contributed by atoms with Crippen LogP contribution in [0.15, 0.2) is 30.3 Å². The van der Waals surface area contributed by atoms with Crippen molar-refractivity contribution in [3.8, 4) is 0 Å². The van der Waals surface area contributed by atoms with Crippen molar-refractivity contribution in [2.75, 3.05) is 17.2 Å². The van der Waals surface area contributed by atoms with Crippen molar-refractivity contribution in [3.63, 3.8) is 0 Å². The Morgan fingerprint density at radius 3 is 2.66 bits per heavy atom. The van der Waals surface area contributed by atoms with E-state index in [4.69, 9.17) is 11.6 Å². The average Bonchev–Trinajstić information content (AvgIpc) is 3.43. The highest BCUT2D eigenvalue weighted by Gasteiger charge is 2.25. The van der Waals surface area contributed by atoms with E-state index in [1.807, 2.05) is 0 Å². The fourth-order valence-corrected chi connectivity index (χ4v) is 5.79. The van der Waals surface area contributed by atoms with Gasteiger partial charge >= 0.3 is 5.97 Å². The number of aryl methyl sites for hydroxylation is 1. The highest BCUT2D eigenvalue weighted by molar-refractivity contribution is 7.20. The van der Waals surface area contributed by atoms with Crippen LogP contribution in [0.5, 0.6) is 0 Å². The van der Waals surface area contributed by atoms with Crippen LogP contribution in [0.4, 0.5) is 10.7 Å². The van der Waals surface area contributed by atoms with Gasteiger partial charge in [0.05, 0.1) is 20.6 Å². The molecule has 3 N–H and O–H groups in total. The second-order valence-corrected chi connectivity index (χ2v) is 11.3. The third-order valence-corrected chi connectivity index (χ3v) is 7.98. The van der Waals surface area contributed by atoms with Crippen LogP contribution in [0.1, 0.15) is 56.6 Å². The van der Waals surface area contributed by atoms with Crippen LogP contribution in [0.3, 0.4) is 0 Å². The zero-order valence-corrected chi connectivity index (χ0v) is 21.6. The van der Waals surface area contributed by atoms with E-state index in [0.29, 0.717) is 38.1 Å². The van der Waals surface area contributed by atoms with Crippen LogP contribution in [-0.4, -0.2) is 45.4 Å². The normalized spacial score (nSPS) is 13.5. The van der Waals surface area contributed by atoms with E-state index in [0.717, 1.165) is 30.1 Å². The van der Waals surface area contributed by atoms with E-state index in [1.165, 1.54) is 34.8 Å². The molecular formula is C24H25ClN4O4S2. The van der Waals surface area contributed by atoms with Crippen molar-refractivity contribution in [3.05, 3.63) is 61.4 Å². The first-order valence-electron chi connectivity index (χ1n) is 11.1. The molecule has 0 saturated heterocycles. The van der Waals surface area contributed by atoms with Gasteiger partial charge in [0.25, 0.3) is 5.91 Å². The SMILES string of the molecule is CC(C)N1CCc2nc(C(=O)Nc3cc(C(=O)O)ccc3CCC(=O)Nc3ccc(Cl)s3)sc2C1. The predicted octanol–water partition coefficient (Wildman–Crippen LogP) is 5.15. The lowest BCUT2D eigenvalue weighted by molar-refractivity contribution is -0.116. The van der Waals surface area contributed by atoms with Crippen LogP contribution in [0.2, 0.25) is 4.34 Å². The first-order chi connectivity index (χ1) is 16.7. The average molecular weight is 533 g/mol. The van der Waals surface area contributed by atoms with Gasteiger partial charge in [0.15, 0.2) is 5.01 Å². The number of carbonyl (C=O) groups excluding carboxylic acids is 2. The molecule has 1 aliphatic heterocycles. The zero-order chi connectivity index (χ0) is 25.1. The van der Waals surface area contributed by atoms with E-state index in [-0.39, 0.29) is 23.8 Å². The molecule has 8 nitrogen and oxygen atoms in total. The van der Waals surface area contributed by atoms with Gasteiger partial charge in [0.2, 0.25) is 5.91 Å². The number of carbonyl (C=O) groups is 3. The van der Waals surface area contributed by atoms with E-state index >= 15 is 0 Å². The number of halogens is 1. The molecule has 1 aliphatic rings. The molecule has 4 rings (SSSR count). The molecule has 0 aliphatic carbocycles. The van der Waals surface area contributed by atoms with Gasteiger partial charge in [-0.2, -0.15) is 0 Å². The van der Waals surface area contributed by atoms with Gasteiger partial charge in [0.1, 0.15) is 0 Å². The molecule has 0 atom stereocenters. The van der Waals surface area contributed by atoms with Crippen molar-refractivity contribution < 1.29 is 19.5 Å². The number of amides is 2. The predicted molar refractivity (Wildman–Crippen MR) is 139 cm³/mol. The Balaban J connectivity index is 1.48. The summed E-state index contributed by atoms with van der Waals surface area (Å²) in [6.45, 7) is 5.96. The molecule has 35 heavy (non-hydrogen) atoms. The molecule has 0 fully saturated rings. The van der Waals surface area contributed by atoms with Gasteiger partial charge in [-0.05, 0) is 50.1 Å². The number of rotatable bonds is 8. The molecule has 3 heterocycles. The van der Waals surface area contributed by atoms with Crippen LogP contribution in [0.25, 0.3) is 0 Å². The van der Waals surface area contributed by atoms with E-state index in [2.05, 4.69) is 34.4 Å². The maximum absolute atomic E-state index is 13.0. The summed E-state index contributed by atoms with van der Waals surface area (Å²) in [6.07, 6.45) is 1.27. The first-order valence-corrected chi connectivity index (χ1v) is 13.2. The number of fused-ring (bicyclic) bond motifs is 1. The van der Waals surface area contributed by atoms with Crippen LogP contribution in [-0.2, 0) is 24.2 Å². The number of carboxylic acids is 1. The quantitative estimate of drug-likeness (QED) is 0.370. The molecule has 0 unspecified atom stereocenters. The third-order valence-electron chi connectivity index (χ3n) is 5.75. The summed E-state index contributed by atoms with van der Waals surface area (Å²) in [7, 11) is 0. The van der Waals surface area contributed by atoms with Gasteiger partial charge in [0, 0.05) is 42.5 Å². The largest absolute Gasteiger partial charge is 0.478 e. The lowest BCUT2D eigenvalue weighted by Gasteiger charge is -2.29. The molecule has 3 aromatic rings. The maximum Gasteiger partial charge on any atom is 0.335 e. The number of nitrogens with zero attached hydrogens (tertiary/aromatic N) is 2. The summed E-state index contributed by atoms with van der Waals surface area (Å²) >= 11 is 8.54. The number of nitrogens with one attached hydrogen (secondary N) is 2. The number of thiophene rings is 1. The Labute approximate surface area is 215 Å². The molecule has 184 valence electrons. The summed E-state index contributed by atoms with van der Waals surface area (Å²) < 4.78 is 0.579. The lowest BCUT2D eigenvalue weighted by atomic mass is 10.0. The molecule has 0 radical (unpaired) electrons. The molecular weight excluding hydrogens is 508 g/mol. The molecule has 0 spiro atoms. The fraction of sp³-hybridized carbons (Fsp3) is 0.333. The van der Waals surface area contributed by atoms with Crippen molar-refractivity contribution in [1.82, 2.24) is 9.88 Å². The number of aromatic nitrogens is 1. The molecule has 11 heteroatoms. The van der Waals surface area contributed by atoms with Crippen LogP contribution >= 0.6 is 34.3 Å². The Hall–Kier alpha value is -2.79. The number of carboxylic acid groups (broad SMARTS) is 1. The summed E-state index contributed by atoms with van der Waals surface area (Å²) in [6, 6.07) is 8.36. The minimum atomic E-state index is -1.10. The third kappa shape index (κ3) is 6.26. The van der Waals surface area contributed by atoms with Gasteiger partial charge in [-0.25, -0.2) is 9.78 Å². The van der Waals surface area contributed by atoms with Crippen molar-refractivity contribution in [1.29, 1.82) is 0 Å². The maximum atomic E-state index is 13.0. The number of hydrogen-bond acceptors (Lipinski definition) is 7. The number of benzene rings is 1. The molecule has 0 bridgehead atoms. The summed E-state index contributed by atoms with van der Waals surface area (Å²) in [5, 5.41) is 16.0. The Morgan fingerprint density at radius 2 is 1.97 bits per heavy atom. The number of hydrogen-bond donors (Lipinski definition) is 3. The second kappa shape index (κ2) is 10.9. The lowest BCUT2D eigenvalue weighted by Crippen LogP contribution is -2.35. The minimum Gasteiger partial charge on any atom is -0.478 e. The van der Waals surface area contributed by atoms with Crippen molar-refractivity contribution >= 4 is 62.7 Å². The van der Waals surface area contributed by atoms with Gasteiger partial charge in [-0.15, -0.1) is 22.7 Å². The van der Waals surface area contributed by atoms with E-state index in [9.17, 15) is 19.5 Å². The van der Waals surface area contributed by atoms with E-state index in [1.54, 1.807) is 18.2 Å². The summed E-state index contributed by atoms with van der Waals surface area (Å²) in [4.78, 5) is 44.9. The number of aromatic carboxylic acids is 1. The van der Waals surface area contributed by atoms with Crippen molar-refractivity contribution in [2.24, 2.45) is 0 Å². The molecule has 1 aromatic carbocycles. The smallest absolute Gasteiger partial charge is 0.335 e. The van der Waals surface area contributed by atoms with Crippen LogP contribution in [0, 0.1) is 0 Å².